The number of hydrogen-bond donors (Lipinski definition) is 1. The fourth-order valence-corrected chi connectivity index (χ4v) is 3.19. The molecule has 112 valence electrons. The third-order valence-electron chi connectivity index (χ3n) is 3.51. The van der Waals surface area contributed by atoms with Gasteiger partial charge in [-0.15, -0.1) is 0 Å². The molecule has 2 N–H and O–H groups in total. The molecular weight excluding hydrogens is 289 g/mol. The number of nitrogens with two attached hydrogens (primary N) is 1. The summed E-state index contributed by atoms with van der Waals surface area (Å²) in [5.74, 6) is -0.300. The van der Waals surface area contributed by atoms with Gasteiger partial charge in [-0.3, -0.25) is 0 Å². The van der Waals surface area contributed by atoms with Gasteiger partial charge in [-0.2, -0.15) is 0 Å². The first-order chi connectivity index (χ1) is 9.70. The van der Waals surface area contributed by atoms with E-state index in [0.717, 1.165) is 22.9 Å². The Hall–Kier alpha value is -1.72. The van der Waals surface area contributed by atoms with Crippen LogP contribution < -0.4 is 5.73 Å². The van der Waals surface area contributed by atoms with E-state index in [2.05, 4.69) is 0 Å². The summed E-state index contributed by atoms with van der Waals surface area (Å²) in [5, 5.41) is 0. The molecule has 0 aliphatic rings. The number of halogens is 1. The normalized spacial score (nSPS) is 13.2. The van der Waals surface area contributed by atoms with E-state index in [9.17, 15) is 12.8 Å². The monoisotopic (exact) mass is 307 g/mol. The molecule has 0 fully saturated rings. The highest BCUT2D eigenvalue weighted by molar-refractivity contribution is 7.90. The van der Waals surface area contributed by atoms with Crippen LogP contribution in [0.3, 0.4) is 0 Å². The molecule has 0 aromatic heterocycles. The second-order valence-electron chi connectivity index (χ2n) is 5.28. The molecule has 2 aromatic carbocycles. The van der Waals surface area contributed by atoms with Crippen LogP contribution in [0, 0.1) is 19.7 Å². The second-order valence-corrected chi connectivity index (χ2v) is 7.29. The molecule has 0 radical (unpaired) electrons. The summed E-state index contributed by atoms with van der Waals surface area (Å²) < 4.78 is 36.6. The van der Waals surface area contributed by atoms with Crippen molar-refractivity contribution in [3.05, 3.63) is 64.5 Å². The number of rotatable bonds is 3. The third-order valence-corrected chi connectivity index (χ3v) is 4.63. The third kappa shape index (κ3) is 3.31. The van der Waals surface area contributed by atoms with Crippen LogP contribution in [0.2, 0.25) is 0 Å². The number of aryl methyl sites for hydroxylation is 2. The summed E-state index contributed by atoms with van der Waals surface area (Å²) in [5.41, 5.74) is 9.28. The van der Waals surface area contributed by atoms with Crippen molar-refractivity contribution in [3.8, 4) is 0 Å². The lowest BCUT2D eigenvalue weighted by Crippen LogP contribution is -2.15. The molecule has 5 heteroatoms. The van der Waals surface area contributed by atoms with Crippen molar-refractivity contribution >= 4 is 9.84 Å². The van der Waals surface area contributed by atoms with Crippen molar-refractivity contribution in [1.29, 1.82) is 0 Å². The van der Waals surface area contributed by atoms with Crippen LogP contribution in [0.1, 0.15) is 28.3 Å². The van der Waals surface area contributed by atoms with E-state index in [-0.39, 0.29) is 10.7 Å². The minimum absolute atomic E-state index is 0.230. The van der Waals surface area contributed by atoms with Gasteiger partial charge < -0.3 is 5.73 Å². The molecule has 0 spiro atoms. The zero-order chi connectivity index (χ0) is 15.8. The van der Waals surface area contributed by atoms with Crippen molar-refractivity contribution < 1.29 is 12.8 Å². The Bertz CT molecular complexity index is 762. The summed E-state index contributed by atoms with van der Waals surface area (Å²) >= 11 is 0. The summed E-state index contributed by atoms with van der Waals surface area (Å²) in [6, 6.07) is 8.93. The lowest BCUT2D eigenvalue weighted by Gasteiger charge is -2.18. The van der Waals surface area contributed by atoms with Crippen LogP contribution in [-0.4, -0.2) is 14.7 Å². The van der Waals surface area contributed by atoms with E-state index in [1.54, 1.807) is 32.0 Å². The van der Waals surface area contributed by atoms with Gasteiger partial charge in [0, 0.05) is 6.26 Å². The first kappa shape index (κ1) is 15.7. The molecule has 0 amide bonds. The summed E-state index contributed by atoms with van der Waals surface area (Å²) in [7, 11) is -3.28. The summed E-state index contributed by atoms with van der Waals surface area (Å²) in [4.78, 5) is 0.230. The van der Waals surface area contributed by atoms with E-state index < -0.39 is 15.9 Å². The van der Waals surface area contributed by atoms with Gasteiger partial charge >= 0.3 is 0 Å². The zero-order valence-corrected chi connectivity index (χ0v) is 13.0. The van der Waals surface area contributed by atoms with Gasteiger partial charge in [0.1, 0.15) is 5.82 Å². The molecule has 0 heterocycles. The Labute approximate surface area is 124 Å². The maximum absolute atomic E-state index is 13.4. The Morgan fingerprint density at radius 2 is 1.67 bits per heavy atom. The predicted octanol–water partition coefficient (Wildman–Crippen LogP) is 2.89. The average molecular weight is 307 g/mol. The highest BCUT2D eigenvalue weighted by Crippen LogP contribution is 2.28. The lowest BCUT2D eigenvalue weighted by molar-refractivity contribution is 0.601. The highest BCUT2D eigenvalue weighted by Gasteiger charge is 2.17. The van der Waals surface area contributed by atoms with E-state index in [1.807, 2.05) is 0 Å². The predicted molar refractivity (Wildman–Crippen MR) is 81.5 cm³/mol. The molecule has 21 heavy (non-hydrogen) atoms. The fraction of sp³-hybridized carbons (Fsp3) is 0.250. The van der Waals surface area contributed by atoms with E-state index in [1.165, 1.54) is 18.2 Å². The van der Waals surface area contributed by atoms with Gasteiger partial charge in [0.2, 0.25) is 0 Å². The molecule has 2 aromatic rings. The summed E-state index contributed by atoms with van der Waals surface area (Å²) in [6.45, 7) is 3.59. The van der Waals surface area contributed by atoms with Gasteiger partial charge in [0.15, 0.2) is 9.84 Å². The molecule has 0 aliphatic carbocycles. The van der Waals surface area contributed by atoms with Crippen LogP contribution >= 0.6 is 0 Å². The molecule has 3 nitrogen and oxygen atoms in total. The molecule has 0 saturated carbocycles. The van der Waals surface area contributed by atoms with Gasteiger partial charge in [0.05, 0.1) is 10.9 Å². The van der Waals surface area contributed by atoms with E-state index in [0.29, 0.717) is 5.56 Å². The minimum Gasteiger partial charge on any atom is -0.320 e. The van der Waals surface area contributed by atoms with Crippen LogP contribution in [0.4, 0.5) is 4.39 Å². The Balaban J connectivity index is 2.53. The zero-order valence-electron chi connectivity index (χ0n) is 12.2. The fourth-order valence-electron chi connectivity index (χ4n) is 2.52. The average Bonchev–Trinajstić information content (AvgIpc) is 2.36. The van der Waals surface area contributed by atoms with Crippen molar-refractivity contribution in [2.24, 2.45) is 5.73 Å². The molecule has 0 aliphatic heterocycles. The molecule has 0 bridgehead atoms. The van der Waals surface area contributed by atoms with Crippen molar-refractivity contribution in [2.45, 2.75) is 24.8 Å². The van der Waals surface area contributed by atoms with Gasteiger partial charge in [0.25, 0.3) is 0 Å². The van der Waals surface area contributed by atoms with E-state index in [4.69, 9.17) is 5.73 Å². The Morgan fingerprint density at radius 3 is 2.19 bits per heavy atom. The van der Waals surface area contributed by atoms with Crippen LogP contribution in [0.15, 0.2) is 41.3 Å². The van der Waals surface area contributed by atoms with Crippen molar-refractivity contribution in [2.75, 3.05) is 6.26 Å². The molecule has 2 rings (SSSR count). The number of hydrogen-bond acceptors (Lipinski definition) is 3. The molecule has 1 unspecified atom stereocenters. The Kier molecular flexibility index (Phi) is 4.16. The van der Waals surface area contributed by atoms with Crippen molar-refractivity contribution in [1.82, 2.24) is 0 Å². The first-order valence-corrected chi connectivity index (χ1v) is 8.41. The standard InChI is InChI=1S/C16H18FNO2S/c1-10-7-13(17)8-11(2)15(10)16(18)12-5-4-6-14(9-12)21(3,19)20/h4-9,16H,18H2,1-3H3. The highest BCUT2D eigenvalue weighted by atomic mass is 32.2. The SMILES string of the molecule is Cc1cc(F)cc(C)c1C(N)c1cccc(S(C)(=O)=O)c1. The Morgan fingerprint density at radius 1 is 1.10 bits per heavy atom. The molecular formula is C16H18FNO2S. The second kappa shape index (κ2) is 5.58. The maximum atomic E-state index is 13.4. The topological polar surface area (TPSA) is 60.2 Å². The number of sulfone groups is 1. The van der Waals surface area contributed by atoms with Gasteiger partial charge in [-0.1, -0.05) is 12.1 Å². The number of benzene rings is 2. The lowest BCUT2D eigenvalue weighted by atomic mass is 9.92. The van der Waals surface area contributed by atoms with Crippen LogP contribution in [0.5, 0.6) is 0 Å². The van der Waals surface area contributed by atoms with Gasteiger partial charge in [-0.25, -0.2) is 12.8 Å². The minimum atomic E-state index is -3.28. The van der Waals surface area contributed by atoms with Crippen molar-refractivity contribution in [3.63, 3.8) is 0 Å². The maximum Gasteiger partial charge on any atom is 0.175 e. The first-order valence-electron chi connectivity index (χ1n) is 6.52. The molecule has 1 atom stereocenters. The van der Waals surface area contributed by atoms with Gasteiger partial charge in [-0.05, 0) is 60.4 Å². The van der Waals surface area contributed by atoms with Crippen LogP contribution in [-0.2, 0) is 9.84 Å². The van der Waals surface area contributed by atoms with E-state index >= 15 is 0 Å². The largest absolute Gasteiger partial charge is 0.320 e. The molecule has 0 saturated heterocycles. The summed E-state index contributed by atoms with van der Waals surface area (Å²) in [6.07, 6.45) is 1.16. The quantitative estimate of drug-likeness (QED) is 0.948. The van der Waals surface area contributed by atoms with Crippen LogP contribution in [0.25, 0.3) is 0 Å². The smallest absolute Gasteiger partial charge is 0.175 e.